The molecule has 0 fully saturated rings. The molecular weight excluding hydrogens is 282 g/mol. The number of benzene rings is 1. The minimum absolute atomic E-state index is 0.0641. The molecular formula is C17H19NO4. The molecule has 5 nitrogen and oxygen atoms in total. The van der Waals surface area contributed by atoms with Crippen molar-refractivity contribution < 1.29 is 18.7 Å². The van der Waals surface area contributed by atoms with Crippen molar-refractivity contribution in [3.63, 3.8) is 0 Å². The van der Waals surface area contributed by atoms with E-state index >= 15 is 0 Å². The van der Waals surface area contributed by atoms with E-state index in [2.05, 4.69) is 5.32 Å². The van der Waals surface area contributed by atoms with Crippen molar-refractivity contribution in [1.82, 2.24) is 5.32 Å². The molecule has 2 rings (SSSR count). The Morgan fingerprint density at radius 1 is 1.14 bits per heavy atom. The summed E-state index contributed by atoms with van der Waals surface area (Å²) in [6, 6.07) is 12.0. The maximum Gasteiger partial charge on any atom is 0.308 e. The molecule has 1 atom stereocenters. The summed E-state index contributed by atoms with van der Waals surface area (Å²) in [6.45, 7) is 3.58. The van der Waals surface area contributed by atoms with Crippen LogP contribution in [-0.4, -0.2) is 18.0 Å². The lowest BCUT2D eigenvalue weighted by Gasteiger charge is -2.18. The number of hydrogen-bond acceptors (Lipinski definition) is 4. The van der Waals surface area contributed by atoms with Gasteiger partial charge in [0.1, 0.15) is 0 Å². The Hall–Kier alpha value is -2.56. The first-order valence-corrected chi connectivity index (χ1v) is 7.15. The number of carbonyl (C=O) groups excluding carboxylic acids is 2. The maximum absolute atomic E-state index is 12.1. The van der Waals surface area contributed by atoms with Crippen LogP contribution in [0.2, 0.25) is 0 Å². The van der Waals surface area contributed by atoms with Gasteiger partial charge in [-0.05, 0) is 31.5 Å². The van der Waals surface area contributed by atoms with Crippen LogP contribution in [0.15, 0.2) is 53.1 Å². The van der Waals surface area contributed by atoms with Crippen LogP contribution < -0.4 is 5.32 Å². The summed E-state index contributed by atoms with van der Waals surface area (Å²) in [5.74, 6) is -0.516. The molecule has 5 heteroatoms. The van der Waals surface area contributed by atoms with E-state index in [9.17, 15) is 9.59 Å². The Morgan fingerprint density at radius 2 is 1.86 bits per heavy atom. The van der Waals surface area contributed by atoms with E-state index in [1.54, 1.807) is 26.0 Å². The molecule has 22 heavy (non-hydrogen) atoms. The fourth-order valence-corrected chi connectivity index (χ4v) is 2.05. The number of carbonyl (C=O) groups is 2. The summed E-state index contributed by atoms with van der Waals surface area (Å²) in [7, 11) is 0. The second kappa shape index (κ2) is 7.45. The van der Waals surface area contributed by atoms with Crippen LogP contribution in [0.3, 0.4) is 0 Å². The second-order valence-corrected chi connectivity index (χ2v) is 5.16. The van der Waals surface area contributed by atoms with Gasteiger partial charge in [0.15, 0.2) is 5.76 Å². The first-order chi connectivity index (χ1) is 10.6. The zero-order valence-electron chi connectivity index (χ0n) is 12.6. The minimum Gasteiger partial charge on any atom is -0.463 e. The lowest BCUT2D eigenvalue weighted by atomic mass is 10.0. The fourth-order valence-electron chi connectivity index (χ4n) is 2.05. The summed E-state index contributed by atoms with van der Waals surface area (Å²) >= 11 is 0. The molecule has 0 saturated carbocycles. The van der Waals surface area contributed by atoms with E-state index in [0.29, 0.717) is 0 Å². The van der Waals surface area contributed by atoms with E-state index < -0.39 is 6.04 Å². The van der Waals surface area contributed by atoms with Crippen LogP contribution in [0.5, 0.6) is 0 Å². The summed E-state index contributed by atoms with van der Waals surface area (Å²) in [6.07, 6.45) is 1.30. The SMILES string of the molecule is CC(C)OC(=O)CC(NC(=O)c1ccco1)c1ccccc1. The van der Waals surface area contributed by atoms with Gasteiger partial charge < -0.3 is 14.5 Å². The van der Waals surface area contributed by atoms with E-state index in [1.165, 1.54) is 6.26 Å². The van der Waals surface area contributed by atoms with Gasteiger partial charge in [-0.15, -0.1) is 0 Å². The Balaban J connectivity index is 2.11. The van der Waals surface area contributed by atoms with Gasteiger partial charge in [0.05, 0.1) is 24.8 Å². The molecule has 1 aromatic carbocycles. The van der Waals surface area contributed by atoms with Crippen molar-refractivity contribution >= 4 is 11.9 Å². The fraction of sp³-hybridized carbons (Fsp3) is 0.294. The molecule has 1 amide bonds. The summed E-state index contributed by atoms with van der Waals surface area (Å²) < 4.78 is 10.2. The van der Waals surface area contributed by atoms with Gasteiger partial charge in [-0.2, -0.15) is 0 Å². The van der Waals surface area contributed by atoms with Crippen LogP contribution in [-0.2, 0) is 9.53 Å². The summed E-state index contributed by atoms with van der Waals surface area (Å²) in [5.41, 5.74) is 0.836. The van der Waals surface area contributed by atoms with Crippen LogP contribution >= 0.6 is 0 Å². The third kappa shape index (κ3) is 4.48. The number of ether oxygens (including phenoxy) is 1. The van der Waals surface area contributed by atoms with Crippen LogP contribution in [0.1, 0.15) is 42.4 Å². The van der Waals surface area contributed by atoms with Crippen LogP contribution in [0, 0.1) is 0 Å². The molecule has 0 spiro atoms. The zero-order valence-corrected chi connectivity index (χ0v) is 12.6. The number of furan rings is 1. The predicted octanol–water partition coefficient (Wildman–Crippen LogP) is 3.09. The van der Waals surface area contributed by atoms with E-state index in [0.717, 1.165) is 5.56 Å². The van der Waals surface area contributed by atoms with Crippen molar-refractivity contribution in [2.24, 2.45) is 0 Å². The van der Waals surface area contributed by atoms with Gasteiger partial charge in [0.2, 0.25) is 0 Å². The zero-order chi connectivity index (χ0) is 15.9. The van der Waals surface area contributed by atoms with Crippen LogP contribution in [0.25, 0.3) is 0 Å². The molecule has 1 aromatic heterocycles. The van der Waals surface area contributed by atoms with Gasteiger partial charge in [0.25, 0.3) is 5.91 Å². The molecule has 1 N–H and O–H groups in total. The molecule has 1 unspecified atom stereocenters. The average Bonchev–Trinajstić information content (AvgIpc) is 3.01. The second-order valence-electron chi connectivity index (χ2n) is 5.16. The van der Waals surface area contributed by atoms with Gasteiger partial charge >= 0.3 is 5.97 Å². The first kappa shape index (κ1) is 15.8. The standard InChI is InChI=1S/C17H19NO4/c1-12(2)22-16(19)11-14(13-7-4-3-5-8-13)18-17(20)15-9-6-10-21-15/h3-10,12,14H,11H2,1-2H3,(H,18,20). The van der Waals surface area contributed by atoms with Crippen molar-refractivity contribution in [3.8, 4) is 0 Å². The molecule has 0 aliphatic rings. The van der Waals surface area contributed by atoms with E-state index in [4.69, 9.17) is 9.15 Å². The third-order valence-electron chi connectivity index (χ3n) is 2.99. The van der Waals surface area contributed by atoms with Gasteiger partial charge in [-0.3, -0.25) is 9.59 Å². The highest BCUT2D eigenvalue weighted by Crippen LogP contribution is 2.18. The number of hydrogen-bond donors (Lipinski definition) is 1. The monoisotopic (exact) mass is 301 g/mol. The molecule has 116 valence electrons. The van der Waals surface area contributed by atoms with Crippen LogP contribution in [0.4, 0.5) is 0 Å². The molecule has 2 aromatic rings. The first-order valence-electron chi connectivity index (χ1n) is 7.15. The van der Waals surface area contributed by atoms with Crippen molar-refractivity contribution in [3.05, 3.63) is 60.1 Å². The van der Waals surface area contributed by atoms with Gasteiger partial charge in [-0.1, -0.05) is 30.3 Å². The van der Waals surface area contributed by atoms with Gasteiger partial charge in [0, 0.05) is 0 Å². The van der Waals surface area contributed by atoms with E-state index in [-0.39, 0.29) is 30.2 Å². The highest BCUT2D eigenvalue weighted by molar-refractivity contribution is 5.92. The lowest BCUT2D eigenvalue weighted by molar-refractivity contribution is -0.147. The maximum atomic E-state index is 12.1. The molecule has 1 heterocycles. The molecule has 0 saturated heterocycles. The smallest absolute Gasteiger partial charge is 0.308 e. The van der Waals surface area contributed by atoms with Crippen molar-refractivity contribution in [2.45, 2.75) is 32.4 Å². The van der Waals surface area contributed by atoms with Crippen molar-refractivity contribution in [2.75, 3.05) is 0 Å². The Kier molecular flexibility index (Phi) is 5.36. The van der Waals surface area contributed by atoms with E-state index in [1.807, 2.05) is 30.3 Å². The lowest BCUT2D eigenvalue weighted by Crippen LogP contribution is -2.30. The Morgan fingerprint density at radius 3 is 2.45 bits per heavy atom. The summed E-state index contributed by atoms with van der Waals surface area (Å²) in [5, 5.41) is 2.81. The number of nitrogens with one attached hydrogen (secondary N) is 1. The normalized spacial score (nSPS) is 12.0. The Labute approximate surface area is 129 Å². The van der Waals surface area contributed by atoms with Gasteiger partial charge in [-0.25, -0.2) is 0 Å². The molecule has 0 aliphatic carbocycles. The van der Waals surface area contributed by atoms with Crippen molar-refractivity contribution in [1.29, 1.82) is 0 Å². The summed E-state index contributed by atoms with van der Waals surface area (Å²) in [4.78, 5) is 24.0. The number of rotatable bonds is 6. The quantitative estimate of drug-likeness (QED) is 0.832. The third-order valence-corrected chi connectivity index (χ3v) is 2.99. The minimum atomic E-state index is -0.468. The largest absolute Gasteiger partial charge is 0.463 e. The number of amides is 1. The molecule has 0 aliphatic heterocycles. The number of esters is 1. The highest BCUT2D eigenvalue weighted by Gasteiger charge is 2.21. The highest BCUT2D eigenvalue weighted by atomic mass is 16.5. The Bertz CT molecular complexity index is 605. The molecule has 0 radical (unpaired) electrons. The predicted molar refractivity (Wildman–Crippen MR) is 81.2 cm³/mol. The molecule has 0 bridgehead atoms. The average molecular weight is 301 g/mol. The topological polar surface area (TPSA) is 68.5 Å².